The molecule has 4 rings (SSSR count). The molecule has 33 heavy (non-hydrogen) atoms. The third-order valence-electron chi connectivity index (χ3n) is 5.35. The molecule has 0 spiro atoms. The summed E-state index contributed by atoms with van der Waals surface area (Å²) in [5.74, 6) is -0.488. The first-order valence-corrected chi connectivity index (χ1v) is 12.0. The van der Waals surface area contributed by atoms with E-state index in [0.717, 1.165) is 49.3 Å². The number of fused-ring (bicyclic) bond motifs is 1. The lowest BCUT2D eigenvalue weighted by molar-refractivity contribution is -0.253. The van der Waals surface area contributed by atoms with Gasteiger partial charge < -0.3 is 14.2 Å². The van der Waals surface area contributed by atoms with Gasteiger partial charge >= 0.3 is 17.7 Å². The van der Waals surface area contributed by atoms with E-state index >= 15 is 0 Å². The number of anilines is 1. The number of halogens is 5. The van der Waals surface area contributed by atoms with Crippen molar-refractivity contribution >= 4 is 39.5 Å². The minimum Gasteiger partial charge on any atom is -0.609 e. The van der Waals surface area contributed by atoms with Crippen LogP contribution in [0.4, 0.5) is 23.2 Å². The monoisotopic (exact) mass is 504 g/mol. The van der Waals surface area contributed by atoms with Crippen molar-refractivity contribution in [3.8, 4) is 5.75 Å². The Morgan fingerprint density at radius 1 is 1.27 bits per heavy atom. The van der Waals surface area contributed by atoms with Crippen LogP contribution in [0.3, 0.4) is 0 Å². The maximum atomic E-state index is 13.2. The van der Waals surface area contributed by atoms with Gasteiger partial charge in [-0.15, -0.1) is 0 Å². The number of aromatic nitrogens is 3. The Hall–Kier alpha value is -2.24. The van der Waals surface area contributed by atoms with E-state index in [1.54, 1.807) is 6.20 Å². The van der Waals surface area contributed by atoms with Crippen molar-refractivity contribution in [1.82, 2.24) is 15.0 Å². The summed E-state index contributed by atoms with van der Waals surface area (Å²) in [5.41, 5.74) is 2.83. The summed E-state index contributed by atoms with van der Waals surface area (Å²) in [5, 5.41) is 0.534. The van der Waals surface area contributed by atoms with Gasteiger partial charge in [0.15, 0.2) is 5.75 Å². The number of benzene rings is 1. The molecule has 1 aliphatic heterocycles. The third-order valence-corrected chi connectivity index (χ3v) is 6.90. The Kier molecular flexibility index (Phi) is 6.92. The molecule has 0 saturated carbocycles. The number of aryl methyl sites for hydroxylation is 1. The van der Waals surface area contributed by atoms with E-state index in [4.69, 9.17) is 11.6 Å². The van der Waals surface area contributed by atoms with Gasteiger partial charge in [0.25, 0.3) is 0 Å². The number of imidazole rings is 1. The zero-order chi connectivity index (χ0) is 23.8. The number of aromatic amines is 1. The van der Waals surface area contributed by atoms with E-state index in [9.17, 15) is 22.1 Å². The molecule has 178 valence electrons. The smallest absolute Gasteiger partial charge is 0.461 e. The predicted molar refractivity (Wildman–Crippen MR) is 118 cm³/mol. The highest BCUT2D eigenvalue weighted by atomic mass is 35.5. The maximum Gasteiger partial charge on any atom is 0.461 e. The number of H-pyrrole nitrogens is 1. The van der Waals surface area contributed by atoms with Crippen LogP contribution in [0.1, 0.15) is 30.5 Å². The minimum absolute atomic E-state index is 0.00736. The number of pyridine rings is 1. The largest absolute Gasteiger partial charge is 0.609 e. The third kappa shape index (κ3) is 5.15. The lowest BCUT2D eigenvalue weighted by Crippen LogP contribution is -2.33. The molecule has 0 amide bonds. The van der Waals surface area contributed by atoms with Gasteiger partial charge in [-0.2, -0.15) is 22.5 Å². The second-order valence-electron chi connectivity index (χ2n) is 7.77. The van der Waals surface area contributed by atoms with Gasteiger partial charge in [0, 0.05) is 36.5 Å². The van der Waals surface area contributed by atoms with Crippen molar-refractivity contribution in [2.24, 2.45) is 0 Å². The Morgan fingerprint density at radius 2 is 2.00 bits per heavy atom. The van der Waals surface area contributed by atoms with E-state index < -0.39 is 29.5 Å². The predicted octanol–water partition coefficient (Wildman–Crippen LogP) is 5.45. The molecule has 0 radical (unpaired) electrons. The average molecular weight is 505 g/mol. The van der Waals surface area contributed by atoms with Crippen LogP contribution in [-0.2, 0) is 16.9 Å². The fourth-order valence-electron chi connectivity index (χ4n) is 3.74. The number of hydrogen-bond acceptors (Lipinski definition) is 5. The first-order chi connectivity index (χ1) is 15.7. The Morgan fingerprint density at radius 3 is 2.70 bits per heavy atom. The zero-order valence-corrected chi connectivity index (χ0v) is 19.2. The molecular formula is C21H21ClF4N4O2S. The van der Waals surface area contributed by atoms with Crippen LogP contribution in [0, 0.1) is 6.92 Å². The number of nitrogens with zero attached hydrogens (tertiary/aromatic N) is 3. The van der Waals surface area contributed by atoms with Gasteiger partial charge in [-0.05, 0) is 43.9 Å². The fourth-order valence-corrected chi connectivity index (χ4v) is 5.23. The zero-order valence-electron chi connectivity index (χ0n) is 17.6. The van der Waals surface area contributed by atoms with Gasteiger partial charge in [0.1, 0.15) is 11.4 Å². The molecule has 1 unspecified atom stereocenters. The Bertz CT molecular complexity index is 1140. The molecule has 1 N–H and O–H groups in total. The lowest BCUT2D eigenvalue weighted by Gasteiger charge is -2.31. The SMILES string of the molecule is Cc1cnc(C[S+]([O-])c2nc3cc(OC(F)(F)C(F)F)ccc3[nH]2)c(Cl)c1N1CCCCC1. The summed E-state index contributed by atoms with van der Waals surface area (Å²) in [6.45, 7) is 3.72. The molecule has 2 aromatic heterocycles. The Labute approximate surface area is 195 Å². The van der Waals surface area contributed by atoms with Gasteiger partial charge in [-0.25, -0.2) is 0 Å². The second-order valence-corrected chi connectivity index (χ2v) is 9.52. The Balaban J connectivity index is 1.55. The standard InChI is InChI=1S/C21H21ClF4N4O2S/c1-12-10-27-16(17(22)18(12)30-7-3-2-4-8-30)11-33(31)20-28-14-6-5-13(9-15(14)29-20)32-21(25,26)19(23)24/h5-6,9-10,19H,2-4,7-8,11H2,1H3,(H,28,29). The lowest BCUT2D eigenvalue weighted by atomic mass is 10.1. The van der Waals surface area contributed by atoms with Crippen LogP contribution >= 0.6 is 11.6 Å². The summed E-state index contributed by atoms with van der Waals surface area (Å²) in [4.78, 5) is 13.6. The van der Waals surface area contributed by atoms with E-state index in [1.165, 1.54) is 12.5 Å². The van der Waals surface area contributed by atoms with Crippen molar-refractivity contribution in [3.63, 3.8) is 0 Å². The number of rotatable bonds is 7. The summed E-state index contributed by atoms with van der Waals surface area (Å²) in [6, 6.07) is 3.52. The summed E-state index contributed by atoms with van der Waals surface area (Å²) >= 11 is 4.98. The normalized spacial score (nSPS) is 15.9. The van der Waals surface area contributed by atoms with E-state index in [0.29, 0.717) is 16.2 Å². The van der Waals surface area contributed by atoms with Gasteiger partial charge in [-0.1, -0.05) is 11.6 Å². The molecule has 1 fully saturated rings. The molecule has 6 nitrogen and oxygen atoms in total. The quantitative estimate of drug-likeness (QED) is 0.342. The van der Waals surface area contributed by atoms with Crippen molar-refractivity contribution in [2.75, 3.05) is 18.0 Å². The first-order valence-electron chi connectivity index (χ1n) is 10.3. The highest BCUT2D eigenvalue weighted by Crippen LogP contribution is 2.35. The summed E-state index contributed by atoms with van der Waals surface area (Å²) < 4.78 is 68.1. The fraction of sp³-hybridized carbons (Fsp3) is 0.429. The van der Waals surface area contributed by atoms with E-state index in [1.807, 2.05) is 6.92 Å². The minimum atomic E-state index is -4.63. The van der Waals surface area contributed by atoms with Crippen molar-refractivity contribution in [3.05, 3.63) is 40.7 Å². The van der Waals surface area contributed by atoms with Crippen LogP contribution < -0.4 is 9.64 Å². The number of nitrogens with one attached hydrogen (secondary N) is 1. The number of ether oxygens (including phenoxy) is 1. The average Bonchev–Trinajstić information content (AvgIpc) is 3.20. The topological polar surface area (TPSA) is 77.1 Å². The van der Waals surface area contributed by atoms with Crippen LogP contribution in [0.2, 0.25) is 5.02 Å². The molecule has 0 aliphatic carbocycles. The maximum absolute atomic E-state index is 13.2. The molecule has 1 atom stereocenters. The highest BCUT2D eigenvalue weighted by Gasteiger charge is 2.44. The number of alkyl halides is 4. The molecule has 0 bridgehead atoms. The van der Waals surface area contributed by atoms with Crippen LogP contribution in [0.5, 0.6) is 5.75 Å². The first kappa shape index (κ1) is 23.9. The van der Waals surface area contributed by atoms with E-state index in [-0.39, 0.29) is 16.4 Å². The van der Waals surface area contributed by atoms with Crippen molar-refractivity contribution in [1.29, 1.82) is 0 Å². The van der Waals surface area contributed by atoms with Crippen LogP contribution in [0.25, 0.3) is 11.0 Å². The molecule has 1 aromatic carbocycles. The highest BCUT2D eigenvalue weighted by molar-refractivity contribution is 7.90. The number of piperidine rings is 1. The van der Waals surface area contributed by atoms with Crippen molar-refractivity contribution < 1.29 is 26.9 Å². The number of hydrogen-bond donors (Lipinski definition) is 1. The van der Waals surface area contributed by atoms with Gasteiger partial charge in [0.05, 0.1) is 21.7 Å². The van der Waals surface area contributed by atoms with Gasteiger partial charge in [0.2, 0.25) is 0 Å². The molecule has 12 heteroatoms. The molecule has 3 heterocycles. The van der Waals surface area contributed by atoms with Gasteiger partial charge in [-0.3, -0.25) is 9.97 Å². The summed E-state index contributed by atoms with van der Waals surface area (Å²) in [7, 11) is 0. The molecule has 3 aromatic rings. The molecular weight excluding hydrogens is 484 g/mol. The molecule has 1 saturated heterocycles. The summed E-state index contributed by atoms with van der Waals surface area (Å²) in [6.07, 6.45) is -3.57. The van der Waals surface area contributed by atoms with Crippen LogP contribution in [-0.4, -0.2) is 45.1 Å². The second kappa shape index (κ2) is 9.55. The van der Waals surface area contributed by atoms with Crippen LogP contribution in [0.15, 0.2) is 29.6 Å². The van der Waals surface area contributed by atoms with Crippen molar-refractivity contribution in [2.45, 2.75) is 49.6 Å². The van der Waals surface area contributed by atoms with E-state index in [2.05, 4.69) is 24.6 Å². The molecule has 1 aliphatic rings.